The summed E-state index contributed by atoms with van der Waals surface area (Å²) in [7, 11) is 2.03. The quantitative estimate of drug-likeness (QED) is 0.792. The van der Waals surface area contributed by atoms with Crippen LogP contribution in [-0.4, -0.2) is 30.1 Å². The highest BCUT2D eigenvalue weighted by Crippen LogP contribution is 2.17. The molecule has 0 amide bonds. The highest BCUT2D eigenvalue weighted by molar-refractivity contribution is 5.52. The molecule has 17 heavy (non-hydrogen) atoms. The Bertz CT molecular complexity index is 353. The van der Waals surface area contributed by atoms with Crippen molar-refractivity contribution in [3.05, 3.63) is 6.07 Å². The number of anilines is 3. The first kappa shape index (κ1) is 13.5. The molecule has 0 saturated carbocycles. The molecule has 0 aliphatic heterocycles. The monoisotopic (exact) mass is 237 g/mol. The van der Waals surface area contributed by atoms with Crippen LogP contribution in [0.25, 0.3) is 0 Å². The van der Waals surface area contributed by atoms with Crippen LogP contribution in [0.1, 0.15) is 27.2 Å². The predicted octanol–water partition coefficient (Wildman–Crippen LogP) is 1.97. The molecule has 96 valence electrons. The molecule has 1 unspecified atom stereocenters. The second kappa shape index (κ2) is 6.27. The number of nitrogen functional groups attached to an aromatic ring is 1. The smallest absolute Gasteiger partial charge is 0.223 e. The van der Waals surface area contributed by atoms with Crippen molar-refractivity contribution in [3.8, 4) is 0 Å². The summed E-state index contributed by atoms with van der Waals surface area (Å²) < 4.78 is 0. The topological polar surface area (TPSA) is 67.1 Å². The lowest BCUT2D eigenvalue weighted by atomic mass is 10.1. The molecule has 0 fully saturated rings. The minimum absolute atomic E-state index is 0.314. The highest BCUT2D eigenvalue weighted by Gasteiger charge is 2.09. The molecule has 0 radical (unpaired) electrons. The Morgan fingerprint density at radius 3 is 2.71 bits per heavy atom. The van der Waals surface area contributed by atoms with Crippen molar-refractivity contribution in [2.75, 3.05) is 36.1 Å². The van der Waals surface area contributed by atoms with E-state index in [1.165, 1.54) is 0 Å². The van der Waals surface area contributed by atoms with Crippen molar-refractivity contribution in [3.63, 3.8) is 0 Å². The fraction of sp³-hybridized carbons (Fsp3) is 0.667. The first-order valence-corrected chi connectivity index (χ1v) is 6.16. The van der Waals surface area contributed by atoms with Crippen molar-refractivity contribution in [1.29, 1.82) is 0 Å². The molecular formula is C12H23N5. The molecule has 0 saturated heterocycles. The maximum Gasteiger partial charge on any atom is 0.223 e. The Morgan fingerprint density at radius 2 is 2.12 bits per heavy atom. The Morgan fingerprint density at radius 1 is 1.41 bits per heavy atom. The lowest BCUT2D eigenvalue weighted by Crippen LogP contribution is -2.25. The maximum atomic E-state index is 5.70. The summed E-state index contributed by atoms with van der Waals surface area (Å²) >= 11 is 0. The van der Waals surface area contributed by atoms with Crippen LogP contribution in [0, 0.1) is 5.92 Å². The zero-order valence-corrected chi connectivity index (χ0v) is 11.2. The number of hydrogen-bond donors (Lipinski definition) is 2. The van der Waals surface area contributed by atoms with Gasteiger partial charge in [0.1, 0.15) is 11.6 Å². The summed E-state index contributed by atoms with van der Waals surface area (Å²) in [6, 6.07) is 1.93. The summed E-state index contributed by atoms with van der Waals surface area (Å²) in [6.45, 7) is 8.24. The number of hydrogen-bond acceptors (Lipinski definition) is 5. The van der Waals surface area contributed by atoms with E-state index in [2.05, 4.69) is 34.0 Å². The van der Waals surface area contributed by atoms with Crippen LogP contribution in [0.4, 0.5) is 17.6 Å². The van der Waals surface area contributed by atoms with Crippen LogP contribution >= 0.6 is 0 Å². The van der Waals surface area contributed by atoms with Crippen molar-refractivity contribution >= 4 is 17.6 Å². The van der Waals surface area contributed by atoms with Gasteiger partial charge >= 0.3 is 0 Å². The predicted molar refractivity (Wildman–Crippen MR) is 73.3 cm³/mol. The first-order valence-electron chi connectivity index (χ1n) is 6.16. The number of nitrogens with one attached hydrogen (secondary N) is 1. The van der Waals surface area contributed by atoms with E-state index in [0.717, 1.165) is 31.1 Å². The molecule has 1 heterocycles. The minimum atomic E-state index is 0.314. The van der Waals surface area contributed by atoms with Gasteiger partial charge in [0.25, 0.3) is 0 Å². The number of nitrogens with zero attached hydrogens (tertiary/aromatic N) is 3. The third kappa shape index (κ3) is 4.09. The second-order valence-corrected chi connectivity index (χ2v) is 4.39. The molecule has 0 aliphatic carbocycles. The van der Waals surface area contributed by atoms with E-state index in [1.807, 2.05) is 20.0 Å². The Kier molecular flexibility index (Phi) is 5.00. The summed E-state index contributed by atoms with van der Waals surface area (Å²) in [6.07, 6.45) is 1.16. The summed E-state index contributed by atoms with van der Waals surface area (Å²) in [5.41, 5.74) is 5.70. The van der Waals surface area contributed by atoms with Crippen LogP contribution < -0.4 is 16.0 Å². The Hall–Kier alpha value is -1.52. The molecule has 1 aromatic heterocycles. The largest absolute Gasteiger partial charge is 0.370 e. The van der Waals surface area contributed by atoms with Gasteiger partial charge in [0.15, 0.2) is 0 Å². The standard InChI is InChI=1S/C12H23N5/c1-5-9(3)8-17(4)11-7-10(14-6-2)15-12(13)16-11/h7,9H,5-6,8H2,1-4H3,(H3,13,14,15,16). The minimum Gasteiger partial charge on any atom is -0.370 e. The number of aromatic nitrogens is 2. The molecule has 1 rings (SSSR count). The lowest BCUT2D eigenvalue weighted by molar-refractivity contribution is 0.557. The van der Waals surface area contributed by atoms with E-state index >= 15 is 0 Å². The van der Waals surface area contributed by atoms with Gasteiger partial charge in [-0.15, -0.1) is 0 Å². The van der Waals surface area contributed by atoms with Crippen LogP contribution in [0.2, 0.25) is 0 Å². The van der Waals surface area contributed by atoms with Crippen LogP contribution in [0.15, 0.2) is 6.07 Å². The van der Waals surface area contributed by atoms with Gasteiger partial charge in [0.05, 0.1) is 0 Å². The van der Waals surface area contributed by atoms with Gasteiger partial charge in [-0.2, -0.15) is 9.97 Å². The second-order valence-electron chi connectivity index (χ2n) is 4.39. The average Bonchev–Trinajstić information content (AvgIpc) is 2.28. The zero-order chi connectivity index (χ0) is 12.8. The van der Waals surface area contributed by atoms with Crippen LogP contribution in [-0.2, 0) is 0 Å². The molecule has 5 nitrogen and oxygen atoms in total. The molecule has 1 atom stereocenters. The summed E-state index contributed by atoms with van der Waals surface area (Å²) in [5.74, 6) is 2.60. The average molecular weight is 237 g/mol. The van der Waals surface area contributed by atoms with Crippen molar-refractivity contribution in [1.82, 2.24) is 9.97 Å². The molecule has 0 bridgehead atoms. The first-order chi connectivity index (χ1) is 8.06. The van der Waals surface area contributed by atoms with Crippen LogP contribution in [0.3, 0.4) is 0 Å². The lowest BCUT2D eigenvalue weighted by Gasteiger charge is -2.22. The molecule has 0 spiro atoms. The molecule has 0 aliphatic rings. The van der Waals surface area contributed by atoms with E-state index in [9.17, 15) is 0 Å². The summed E-state index contributed by atoms with van der Waals surface area (Å²) in [5, 5.41) is 3.15. The molecular weight excluding hydrogens is 214 g/mol. The van der Waals surface area contributed by atoms with Gasteiger partial charge in [0, 0.05) is 26.2 Å². The van der Waals surface area contributed by atoms with E-state index in [4.69, 9.17) is 5.73 Å². The van der Waals surface area contributed by atoms with E-state index in [1.54, 1.807) is 0 Å². The fourth-order valence-corrected chi connectivity index (χ4v) is 1.61. The fourth-order valence-electron chi connectivity index (χ4n) is 1.61. The summed E-state index contributed by atoms with van der Waals surface area (Å²) in [4.78, 5) is 10.5. The van der Waals surface area contributed by atoms with E-state index in [-0.39, 0.29) is 0 Å². The maximum absolute atomic E-state index is 5.70. The Balaban J connectivity index is 2.81. The highest BCUT2D eigenvalue weighted by atomic mass is 15.2. The molecule has 3 N–H and O–H groups in total. The molecule has 1 aromatic rings. The van der Waals surface area contributed by atoms with Gasteiger partial charge < -0.3 is 16.0 Å². The Labute approximate surface area is 103 Å². The van der Waals surface area contributed by atoms with Gasteiger partial charge in [-0.25, -0.2) is 0 Å². The van der Waals surface area contributed by atoms with Crippen molar-refractivity contribution in [2.24, 2.45) is 5.92 Å². The number of rotatable bonds is 6. The van der Waals surface area contributed by atoms with Crippen molar-refractivity contribution < 1.29 is 0 Å². The third-order valence-electron chi connectivity index (χ3n) is 2.76. The van der Waals surface area contributed by atoms with Gasteiger partial charge in [-0.05, 0) is 12.8 Å². The van der Waals surface area contributed by atoms with Crippen LogP contribution in [0.5, 0.6) is 0 Å². The van der Waals surface area contributed by atoms with E-state index < -0.39 is 0 Å². The van der Waals surface area contributed by atoms with Crippen molar-refractivity contribution in [2.45, 2.75) is 27.2 Å². The number of nitrogens with two attached hydrogens (primary N) is 1. The SMILES string of the molecule is CCNc1cc(N(C)CC(C)CC)nc(N)n1. The van der Waals surface area contributed by atoms with Gasteiger partial charge in [-0.3, -0.25) is 0 Å². The normalized spacial score (nSPS) is 12.2. The molecule has 5 heteroatoms. The molecule has 0 aromatic carbocycles. The van der Waals surface area contributed by atoms with Gasteiger partial charge in [-0.1, -0.05) is 20.3 Å². The van der Waals surface area contributed by atoms with E-state index in [0.29, 0.717) is 11.9 Å². The van der Waals surface area contributed by atoms with Gasteiger partial charge in [0.2, 0.25) is 5.95 Å². The zero-order valence-electron chi connectivity index (χ0n) is 11.2. The third-order valence-corrected chi connectivity index (χ3v) is 2.76.